The molecule has 1 aliphatic carbocycles. The zero-order chi connectivity index (χ0) is 10.1. The minimum atomic E-state index is -1.06. The minimum Gasteiger partial charge on any atom is -0.390 e. The Bertz CT molecular complexity index is 308. The van der Waals surface area contributed by atoms with Crippen LogP contribution in [-0.2, 0) is 6.54 Å². The average Bonchev–Trinajstić information content (AvgIpc) is 2.62. The van der Waals surface area contributed by atoms with Crippen LogP contribution >= 0.6 is 15.9 Å². The maximum Gasteiger partial charge on any atom is 0.126 e. The van der Waals surface area contributed by atoms with Crippen LogP contribution in [0.15, 0.2) is 16.9 Å². The van der Waals surface area contributed by atoms with E-state index in [2.05, 4.69) is 21.0 Å². The molecule has 1 heterocycles. The number of nitrogens with zero attached hydrogens (tertiary/aromatic N) is 2. The minimum absolute atomic E-state index is 0.201. The highest BCUT2D eigenvalue weighted by Crippen LogP contribution is 2.29. The van der Waals surface area contributed by atoms with Gasteiger partial charge in [-0.1, -0.05) is 0 Å². The summed E-state index contributed by atoms with van der Waals surface area (Å²) in [4.78, 5) is 0. The molecule has 2 rings (SSSR count). The highest BCUT2D eigenvalue weighted by molar-refractivity contribution is 9.10. The van der Waals surface area contributed by atoms with Crippen LogP contribution in [-0.4, -0.2) is 27.2 Å². The van der Waals surface area contributed by atoms with E-state index in [1.807, 2.05) is 6.20 Å². The van der Waals surface area contributed by atoms with Crippen molar-refractivity contribution in [2.75, 3.05) is 0 Å². The lowest BCUT2D eigenvalue weighted by Crippen LogP contribution is -2.12. The predicted molar refractivity (Wildman–Crippen MR) is 53.6 cm³/mol. The van der Waals surface area contributed by atoms with E-state index in [0.717, 1.165) is 4.47 Å². The highest BCUT2D eigenvalue weighted by Gasteiger charge is 2.32. The predicted octanol–water partition coefficient (Wildman–Crippen LogP) is 1.75. The summed E-state index contributed by atoms with van der Waals surface area (Å²) in [6, 6.07) is 0. The molecule has 0 aromatic carbocycles. The van der Waals surface area contributed by atoms with Crippen molar-refractivity contribution >= 4 is 15.9 Å². The van der Waals surface area contributed by atoms with E-state index in [1.165, 1.54) is 0 Å². The van der Waals surface area contributed by atoms with Crippen molar-refractivity contribution in [3.05, 3.63) is 16.9 Å². The van der Waals surface area contributed by atoms with E-state index in [4.69, 9.17) is 0 Å². The summed E-state index contributed by atoms with van der Waals surface area (Å²) in [7, 11) is 0. The summed E-state index contributed by atoms with van der Waals surface area (Å²) in [6.07, 6.45) is 2.71. The number of hydrogen-bond donors (Lipinski definition) is 1. The molecule has 1 aromatic heterocycles. The number of rotatable bonds is 2. The zero-order valence-corrected chi connectivity index (χ0v) is 9.19. The Labute approximate surface area is 90.0 Å². The fraction of sp³-hybridized carbons (Fsp3) is 0.667. The van der Waals surface area contributed by atoms with E-state index >= 15 is 0 Å². The Morgan fingerprint density at radius 1 is 1.64 bits per heavy atom. The molecule has 0 aliphatic heterocycles. The largest absolute Gasteiger partial charge is 0.390 e. The first-order valence-electron chi connectivity index (χ1n) is 4.65. The second-order valence-corrected chi connectivity index (χ2v) is 4.72. The molecule has 1 unspecified atom stereocenters. The van der Waals surface area contributed by atoms with Crippen molar-refractivity contribution in [1.29, 1.82) is 0 Å². The summed E-state index contributed by atoms with van der Waals surface area (Å²) in [5.74, 6) is 0.201. The third-order valence-electron chi connectivity index (χ3n) is 2.60. The number of alkyl halides is 1. The second-order valence-electron chi connectivity index (χ2n) is 3.80. The molecular weight excluding hydrogens is 251 g/mol. The molecule has 0 bridgehead atoms. The monoisotopic (exact) mass is 262 g/mol. The van der Waals surface area contributed by atoms with Gasteiger partial charge in [0.25, 0.3) is 0 Å². The molecule has 0 amide bonds. The molecule has 0 radical (unpaired) electrons. The molecule has 3 atom stereocenters. The average molecular weight is 263 g/mol. The zero-order valence-electron chi connectivity index (χ0n) is 7.61. The maximum atomic E-state index is 13.0. The van der Waals surface area contributed by atoms with E-state index in [1.54, 1.807) is 10.9 Å². The summed E-state index contributed by atoms with van der Waals surface area (Å²) in [6.45, 7) is 0.684. The van der Waals surface area contributed by atoms with Gasteiger partial charge < -0.3 is 5.11 Å². The van der Waals surface area contributed by atoms with Crippen molar-refractivity contribution < 1.29 is 9.50 Å². The number of aromatic nitrogens is 2. The lowest BCUT2D eigenvalue weighted by Gasteiger charge is -2.07. The topological polar surface area (TPSA) is 38.0 Å². The maximum absolute atomic E-state index is 13.0. The van der Waals surface area contributed by atoms with Crippen molar-refractivity contribution in [2.24, 2.45) is 5.92 Å². The van der Waals surface area contributed by atoms with Crippen molar-refractivity contribution in [1.82, 2.24) is 9.78 Å². The molecule has 0 spiro atoms. The van der Waals surface area contributed by atoms with Gasteiger partial charge in [-0.05, 0) is 34.7 Å². The standard InChI is InChI=1S/C9H12BrFN2O/c10-7-3-12-13(5-7)4-6-1-8(11)9(14)2-6/h3,5-6,8-9,14H,1-2,4H2/t6?,8-,9+/m0/s1. The molecule has 14 heavy (non-hydrogen) atoms. The lowest BCUT2D eigenvalue weighted by atomic mass is 10.1. The summed E-state index contributed by atoms with van der Waals surface area (Å²) >= 11 is 3.30. The Kier molecular flexibility index (Phi) is 2.88. The first-order chi connectivity index (χ1) is 6.65. The molecule has 1 saturated carbocycles. The number of hydrogen-bond acceptors (Lipinski definition) is 2. The van der Waals surface area contributed by atoms with Crippen molar-refractivity contribution in [3.63, 3.8) is 0 Å². The van der Waals surface area contributed by atoms with Crippen LogP contribution in [0.3, 0.4) is 0 Å². The van der Waals surface area contributed by atoms with Crippen LogP contribution in [0, 0.1) is 5.92 Å². The molecule has 1 fully saturated rings. The molecule has 1 aromatic rings. The molecule has 1 aliphatic rings. The Morgan fingerprint density at radius 3 is 2.93 bits per heavy atom. The highest BCUT2D eigenvalue weighted by atomic mass is 79.9. The molecule has 5 heteroatoms. The van der Waals surface area contributed by atoms with Gasteiger partial charge in [0.15, 0.2) is 0 Å². The van der Waals surface area contributed by atoms with E-state index in [9.17, 15) is 9.50 Å². The van der Waals surface area contributed by atoms with Crippen LogP contribution in [0.1, 0.15) is 12.8 Å². The summed E-state index contributed by atoms with van der Waals surface area (Å²) in [5.41, 5.74) is 0. The van der Waals surface area contributed by atoms with Gasteiger partial charge >= 0.3 is 0 Å². The Morgan fingerprint density at radius 2 is 2.43 bits per heavy atom. The van der Waals surface area contributed by atoms with Crippen LogP contribution < -0.4 is 0 Å². The normalized spacial score (nSPS) is 32.4. The first kappa shape index (κ1) is 10.1. The van der Waals surface area contributed by atoms with E-state index in [-0.39, 0.29) is 5.92 Å². The van der Waals surface area contributed by atoms with Gasteiger partial charge in [-0.2, -0.15) is 5.10 Å². The quantitative estimate of drug-likeness (QED) is 0.882. The third kappa shape index (κ3) is 2.15. The SMILES string of the molecule is O[C@@H]1CC(Cn2cc(Br)cn2)C[C@@H]1F. The molecule has 1 N–H and O–H groups in total. The Hall–Kier alpha value is -0.420. The van der Waals surface area contributed by atoms with Crippen LogP contribution in [0.4, 0.5) is 4.39 Å². The van der Waals surface area contributed by atoms with Gasteiger partial charge in [0.2, 0.25) is 0 Å². The molecular formula is C9H12BrFN2O. The van der Waals surface area contributed by atoms with E-state index < -0.39 is 12.3 Å². The fourth-order valence-electron chi connectivity index (χ4n) is 1.91. The molecule has 78 valence electrons. The van der Waals surface area contributed by atoms with Gasteiger partial charge in [0.1, 0.15) is 6.17 Å². The molecule has 3 nitrogen and oxygen atoms in total. The van der Waals surface area contributed by atoms with Crippen molar-refractivity contribution in [3.8, 4) is 0 Å². The first-order valence-corrected chi connectivity index (χ1v) is 5.44. The van der Waals surface area contributed by atoms with Crippen LogP contribution in [0.5, 0.6) is 0 Å². The number of halogens is 2. The summed E-state index contributed by atoms with van der Waals surface area (Å²) < 4.78 is 15.7. The van der Waals surface area contributed by atoms with Crippen LogP contribution in [0.25, 0.3) is 0 Å². The smallest absolute Gasteiger partial charge is 0.126 e. The van der Waals surface area contributed by atoms with E-state index in [0.29, 0.717) is 19.4 Å². The molecule has 0 saturated heterocycles. The number of aliphatic hydroxyl groups excluding tert-OH is 1. The second kappa shape index (κ2) is 3.98. The number of aliphatic hydroxyl groups is 1. The summed E-state index contributed by atoms with van der Waals surface area (Å²) in [5, 5.41) is 13.3. The Balaban J connectivity index is 1.93. The van der Waals surface area contributed by atoms with Gasteiger partial charge in [0.05, 0.1) is 16.8 Å². The fourth-order valence-corrected chi connectivity index (χ4v) is 2.24. The third-order valence-corrected chi connectivity index (χ3v) is 3.01. The van der Waals surface area contributed by atoms with Crippen molar-refractivity contribution in [2.45, 2.75) is 31.7 Å². The lowest BCUT2D eigenvalue weighted by molar-refractivity contribution is 0.102. The van der Waals surface area contributed by atoms with Crippen LogP contribution in [0.2, 0.25) is 0 Å². The van der Waals surface area contributed by atoms with Gasteiger partial charge in [-0.25, -0.2) is 4.39 Å². The van der Waals surface area contributed by atoms with Gasteiger partial charge in [-0.3, -0.25) is 4.68 Å². The van der Waals surface area contributed by atoms with Gasteiger partial charge in [-0.15, -0.1) is 0 Å². The van der Waals surface area contributed by atoms with Gasteiger partial charge in [0, 0.05) is 12.7 Å².